The number of rotatable bonds is 5. The predicted molar refractivity (Wildman–Crippen MR) is 97.0 cm³/mol. The Labute approximate surface area is 149 Å². The number of hydrogen-bond donors (Lipinski definition) is 1. The summed E-state index contributed by atoms with van der Waals surface area (Å²) in [6.45, 7) is 1.99. The first-order valence-electron chi connectivity index (χ1n) is 7.78. The number of benzene rings is 2. The van der Waals surface area contributed by atoms with Gasteiger partial charge in [0.2, 0.25) is 0 Å². The maximum atomic E-state index is 12.1. The van der Waals surface area contributed by atoms with Crippen molar-refractivity contribution < 1.29 is 14.1 Å². The van der Waals surface area contributed by atoms with Crippen LogP contribution in [0.1, 0.15) is 21.7 Å². The quantitative estimate of drug-likeness (QED) is 0.429. The number of furan rings is 1. The first-order chi connectivity index (χ1) is 12.5. The molecule has 3 aromatic rings. The molecule has 3 rings (SSSR count). The number of non-ortho nitro benzene ring substituents is 1. The molecular formula is C19H15N3O4. The van der Waals surface area contributed by atoms with Crippen molar-refractivity contribution in [3.8, 4) is 11.3 Å². The summed E-state index contributed by atoms with van der Waals surface area (Å²) in [5, 5.41) is 14.6. The van der Waals surface area contributed by atoms with Crippen LogP contribution in [-0.2, 0) is 0 Å². The third kappa shape index (κ3) is 4.02. The monoisotopic (exact) mass is 349 g/mol. The molecule has 0 unspecified atom stereocenters. The van der Waals surface area contributed by atoms with Crippen molar-refractivity contribution in [3.63, 3.8) is 0 Å². The Morgan fingerprint density at radius 3 is 2.42 bits per heavy atom. The maximum absolute atomic E-state index is 12.1. The minimum atomic E-state index is -0.485. The van der Waals surface area contributed by atoms with E-state index in [1.165, 1.54) is 24.4 Å². The van der Waals surface area contributed by atoms with E-state index >= 15 is 0 Å². The van der Waals surface area contributed by atoms with Crippen LogP contribution in [0.2, 0.25) is 0 Å². The lowest BCUT2D eigenvalue weighted by Gasteiger charge is -1.98. The molecular weight excluding hydrogens is 334 g/mol. The van der Waals surface area contributed by atoms with E-state index in [1.807, 2.05) is 31.2 Å². The SMILES string of the molecule is Cc1ccc(/C=N/NC(=O)c2ccc(-c3ccc([N+](=O)[O-])cc3)o2)cc1. The number of aryl methyl sites for hydroxylation is 1. The van der Waals surface area contributed by atoms with E-state index in [4.69, 9.17) is 4.42 Å². The highest BCUT2D eigenvalue weighted by molar-refractivity contribution is 5.93. The zero-order valence-electron chi connectivity index (χ0n) is 13.9. The van der Waals surface area contributed by atoms with E-state index in [0.29, 0.717) is 11.3 Å². The van der Waals surface area contributed by atoms with Crippen LogP contribution in [0.3, 0.4) is 0 Å². The van der Waals surface area contributed by atoms with Crippen LogP contribution in [0.25, 0.3) is 11.3 Å². The first kappa shape index (κ1) is 17.1. The average Bonchev–Trinajstić information content (AvgIpc) is 3.13. The maximum Gasteiger partial charge on any atom is 0.307 e. The molecule has 26 heavy (non-hydrogen) atoms. The third-order valence-corrected chi connectivity index (χ3v) is 3.65. The highest BCUT2D eigenvalue weighted by atomic mass is 16.6. The molecule has 7 nitrogen and oxygen atoms in total. The number of carbonyl (C=O) groups is 1. The highest BCUT2D eigenvalue weighted by Gasteiger charge is 2.12. The number of nitrogens with one attached hydrogen (secondary N) is 1. The van der Waals surface area contributed by atoms with Gasteiger partial charge < -0.3 is 4.42 Å². The third-order valence-electron chi connectivity index (χ3n) is 3.65. The van der Waals surface area contributed by atoms with Crippen LogP contribution < -0.4 is 5.43 Å². The van der Waals surface area contributed by atoms with Crippen molar-refractivity contribution >= 4 is 17.8 Å². The van der Waals surface area contributed by atoms with Crippen molar-refractivity contribution in [2.75, 3.05) is 0 Å². The summed E-state index contributed by atoms with van der Waals surface area (Å²) in [6.07, 6.45) is 1.54. The first-order valence-corrected chi connectivity index (χ1v) is 7.78. The number of amides is 1. The largest absolute Gasteiger partial charge is 0.451 e. The molecule has 0 aliphatic rings. The molecule has 0 aliphatic heterocycles. The van der Waals surface area contributed by atoms with E-state index in [2.05, 4.69) is 10.5 Å². The minimum Gasteiger partial charge on any atom is -0.451 e. The molecule has 0 saturated carbocycles. The summed E-state index contributed by atoms with van der Waals surface area (Å²) in [5.41, 5.74) is 5.03. The molecule has 1 N–H and O–H groups in total. The van der Waals surface area contributed by atoms with E-state index in [-0.39, 0.29) is 11.4 Å². The number of hydrogen-bond acceptors (Lipinski definition) is 5. The zero-order valence-corrected chi connectivity index (χ0v) is 13.9. The topological polar surface area (TPSA) is 97.7 Å². The van der Waals surface area contributed by atoms with Gasteiger partial charge in [-0.2, -0.15) is 5.10 Å². The smallest absolute Gasteiger partial charge is 0.307 e. The van der Waals surface area contributed by atoms with Gasteiger partial charge in [-0.1, -0.05) is 29.8 Å². The van der Waals surface area contributed by atoms with Gasteiger partial charge in [-0.25, -0.2) is 5.43 Å². The molecule has 1 amide bonds. The average molecular weight is 349 g/mol. The van der Waals surface area contributed by atoms with Crippen LogP contribution in [0.4, 0.5) is 5.69 Å². The Kier molecular flexibility index (Phi) is 4.89. The summed E-state index contributed by atoms with van der Waals surface area (Å²) in [4.78, 5) is 22.3. The second-order valence-corrected chi connectivity index (χ2v) is 5.58. The van der Waals surface area contributed by atoms with E-state index < -0.39 is 10.8 Å². The summed E-state index contributed by atoms with van der Waals surface area (Å²) < 4.78 is 5.49. The second kappa shape index (κ2) is 7.43. The lowest BCUT2D eigenvalue weighted by Crippen LogP contribution is -2.16. The fourth-order valence-electron chi connectivity index (χ4n) is 2.24. The molecule has 1 heterocycles. The van der Waals surface area contributed by atoms with Gasteiger partial charge in [0.1, 0.15) is 5.76 Å². The van der Waals surface area contributed by atoms with Crippen LogP contribution in [0.15, 0.2) is 70.2 Å². The Bertz CT molecular complexity index is 957. The van der Waals surface area contributed by atoms with Gasteiger partial charge in [0.25, 0.3) is 5.69 Å². The van der Waals surface area contributed by atoms with Gasteiger partial charge in [0, 0.05) is 17.7 Å². The lowest BCUT2D eigenvalue weighted by molar-refractivity contribution is -0.384. The summed E-state index contributed by atoms with van der Waals surface area (Å²) in [5.74, 6) is 0.0495. The predicted octanol–water partition coefficient (Wildman–Crippen LogP) is 3.93. The summed E-state index contributed by atoms with van der Waals surface area (Å²) in [7, 11) is 0. The van der Waals surface area contributed by atoms with Crippen LogP contribution in [0, 0.1) is 17.0 Å². The Balaban J connectivity index is 1.65. The number of hydrazone groups is 1. The molecule has 7 heteroatoms. The van der Waals surface area contributed by atoms with Crippen molar-refractivity contribution in [1.82, 2.24) is 5.43 Å². The number of nitro benzene ring substituents is 1. The summed E-state index contributed by atoms with van der Waals surface area (Å²) in [6, 6.07) is 16.7. The number of carbonyl (C=O) groups excluding carboxylic acids is 1. The van der Waals surface area contributed by atoms with Gasteiger partial charge in [-0.3, -0.25) is 14.9 Å². The van der Waals surface area contributed by atoms with E-state index in [9.17, 15) is 14.9 Å². The summed E-state index contributed by atoms with van der Waals surface area (Å²) >= 11 is 0. The molecule has 1 aromatic heterocycles. The van der Waals surface area contributed by atoms with Crippen molar-refractivity contribution in [3.05, 3.63) is 87.7 Å². The van der Waals surface area contributed by atoms with Crippen LogP contribution in [-0.4, -0.2) is 17.0 Å². The molecule has 130 valence electrons. The number of nitrogens with zero attached hydrogens (tertiary/aromatic N) is 2. The fourth-order valence-corrected chi connectivity index (χ4v) is 2.24. The van der Waals surface area contributed by atoms with Gasteiger partial charge in [-0.15, -0.1) is 0 Å². The molecule has 0 atom stereocenters. The standard InChI is InChI=1S/C19H15N3O4/c1-13-2-4-14(5-3-13)12-20-21-19(23)18-11-10-17(26-18)15-6-8-16(9-7-15)22(24)25/h2-12H,1H3,(H,21,23)/b20-12+. The van der Waals surface area contributed by atoms with E-state index in [1.54, 1.807) is 18.2 Å². The number of nitro groups is 1. The van der Waals surface area contributed by atoms with Gasteiger partial charge in [-0.05, 0) is 36.8 Å². The Hall–Kier alpha value is -3.74. The minimum absolute atomic E-state index is 0.0104. The molecule has 0 saturated heterocycles. The normalized spacial score (nSPS) is 10.8. The molecule has 0 bridgehead atoms. The van der Waals surface area contributed by atoms with Crippen LogP contribution in [0.5, 0.6) is 0 Å². The fraction of sp³-hybridized carbons (Fsp3) is 0.0526. The van der Waals surface area contributed by atoms with Crippen molar-refractivity contribution in [2.45, 2.75) is 6.92 Å². The highest BCUT2D eigenvalue weighted by Crippen LogP contribution is 2.24. The van der Waals surface area contributed by atoms with Gasteiger partial charge >= 0.3 is 5.91 Å². The zero-order chi connectivity index (χ0) is 18.5. The second-order valence-electron chi connectivity index (χ2n) is 5.58. The van der Waals surface area contributed by atoms with Crippen LogP contribution >= 0.6 is 0 Å². The van der Waals surface area contributed by atoms with Crippen molar-refractivity contribution in [1.29, 1.82) is 0 Å². The molecule has 2 aromatic carbocycles. The van der Waals surface area contributed by atoms with Gasteiger partial charge in [0.15, 0.2) is 5.76 Å². The molecule has 0 fully saturated rings. The van der Waals surface area contributed by atoms with E-state index in [0.717, 1.165) is 11.1 Å². The van der Waals surface area contributed by atoms with Crippen molar-refractivity contribution in [2.24, 2.45) is 5.10 Å². The Morgan fingerprint density at radius 2 is 1.77 bits per heavy atom. The Morgan fingerprint density at radius 1 is 1.08 bits per heavy atom. The molecule has 0 spiro atoms. The molecule has 0 aliphatic carbocycles. The molecule has 0 radical (unpaired) electrons. The van der Waals surface area contributed by atoms with Gasteiger partial charge in [0.05, 0.1) is 11.1 Å². The lowest BCUT2D eigenvalue weighted by atomic mass is 10.1.